The monoisotopic (exact) mass is 352 g/mol. The number of carbonyl (C=O) groups excluding carboxylic acids is 1. The number of Topliss-reactive ketones (excluding diaryl/α,β-unsaturated/α-hetero) is 1. The van der Waals surface area contributed by atoms with E-state index in [0.29, 0.717) is 29.9 Å². The predicted molar refractivity (Wildman–Crippen MR) is 102 cm³/mol. The third-order valence-corrected chi connectivity index (χ3v) is 4.46. The van der Waals surface area contributed by atoms with Crippen LogP contribution in [0.25, 0.3) is 6.08 Å². The van der Waals surface area contributed by atoms with Crippen LogP contribution in [-0.2, 0) is 6.42 Å². The molecular formula is C22H24O4. The van der Waals surface area contributed by atoms with Crippen LogP contribution < -0.4 is 14.2 Å². The second-order valence-corrected chi connectivity index (χ2v) is 6.90. The van der Waals surface area contributed by atoms with Crippen LogP contribution in [0.5, 0.6) is 17.2 Å². The standard InChI is InChI=1S/C22H24O4/c1-22(2)12-11-17-14-16(7-10-19(17)26-22)18(23)8-5-15-6-9-20(24-3)21(13-15)25-4/h6-7,9-14H,5,8H2,1-4H3. The summed E-state index contributed by atoms with van der Waals surface area (Å²) >= 11 is 0. The smallest absolute Gasteiger partial charge is 0.163 e. The summed E-state index contributed by atoms with van der Waals surface area (Å²) in [5, 5.41) is 0. The van der Waals surface area contributed by atoms with Gasteiger partial charge in [0.25, 0.3) is 0 Å². The number of ether oxygens (including phenoxy) is 3. The molecule has 0 aliphatic carbocycles. The molecule has 136 valence electrons. The maximum atomic E-state index is 12.6. The highest BCUT2D eigenvalue weighted by Crippen LogP contribution is 2.32. The van der Waals surface area contributed by atoms with E-state index in [4.69, 9.17) is 14.2 Å². The number of rotatable bonds is 6. The summed E-state index contributed by atoms with van der Waals surface area (Å²) in [7, 11) is 3.22. The largest absolute Gasteiger partial charge is 0.493 e. The van der Waals surface area contributed by atoms with Crippen molar-refractivity contribution in [1.82, 2.24) is 0 Å². The molecule has 0 saturated carbocycles. The van der Waals surface area contributed by atoms with Crippen LogP contribution in [0.3, 0.4) is 0 Å². The Bertz CT molecular complexity index is 849. The van der Waals surface area contributed by atoms with Gasteiger partial charge in [0.15, 0.2) is 17.3 Å². The van der Waals surface area contributed by atoms with Crippen LogP contribution in [0.4, 0.5) is 0 Å². The Hall–Kier alpha value is -2.75. The molecule has 4 nitrogen and oxygen atoms in total. The molecule has 0 unspecified atom stereocenters. The zero-order valence-electron chi connectivity index (χ0n) is 15.7. The minimum atomic E-state index is -0.314. The Labute approximate surface area is 154 Å². The molecule has 0 fully saturated rings. The number of fused-ring (bicyclic) bond motifs is 1. The number of ketones is 1. The van der Waals surface area contributed by atoms with E-state index in [-0.39, 0.29) is 11.4 Å². The lowest BCUT2D eigenvalue weighted by Crippen LogP contribution is -2.27. The topological polar surface area (TPSA) is 44.8 Å². The maximum Gasteiger partial charge on any atom is 0.163 e. The van der Waals surface area contributed by atoms with E-state index in [0.717, 1.165) is 16.9 Å². The van der Waals surface area contributed by atoms with Crippen molar-refractivity contribution in [3.8, 4) is 17.2 Å². The van der Waals surface area contributed by atoms with Gasteiger partial charge < -0.3 is 14.2 Å². The highest BCUT2D eigenvalue weighted by atomic mass is 16.5. The van der Waals surface area contributed by atoms with E-state index in [1.165, 1.54) is 0 Å². The highest BCUT2D eigenvalue weighted by Gasteiger charge is 2.22. The van der Waals surface area contributed by atoms with Gasteiger partial charge in [-0.1, -0.05) is 12.1 Å². The molecule has 1 aliphatic rings. The first-order valence-electron chi connectivity index (χ1n) is 8.68. The van der Waals surface area contributed by atoms with Crippen molar-refractivity contribution in [2.75, 3.05) is 14.2 Å². The fourth-order valence-electron chi connectivity index (χ4n) is 2.99. The molecular weight excluding hydrogens is 328 g/mol. The van der Waals surface area contributed by atoms with Crippen molar-refractivity contribution in [2.45, 2.75) is 32.3 Å². The summed E-state index contributed by atoms with van der Waals surface area (Å²) in [6.07, 6.45) is 5.11. The van der Waals surface area contributed by atoms with Gasteiger partial charge in [-0.2, -0.15) is 0 Å². The Kier molecular flexibility index (Phi) is 5.03. The summed E-state index contributed by atoms with van der Waals surface area (Å²) in [5.74, 6) is 2.29. The Morgan fingerprint density at radius 1 is 1.04 bits per heavy atom. The van der Waals surface area contributed by atoms with Crippen LogP contribution in [0.1, 0.15) is 41.8 Å². The van der Waals surface area contributed by atoms with Crippen LogP contribution in [0.2, 0.25) is 0 Å². The third-order valence-electron chi connectivity index (χ3n) is 4.46. The average molecular weight is 352 g/mol. The number of hydrogen-bond donors (Lipinski definition) is 0. The van der Waals surface area contributed by atoms with Crippen LogP contribution in [0.15, 0.2) is 42.5 Å². The molecule has 1 heterocycles. The van der Waals surface area contributed by atoms with Crippen LogP contribution >= 0.6 is 0 Å². The van der Waals surface area contributed by atoms with Gasteiger partial charge in [-0.15, -0.1) is 0 Å². The number of methoxy groups -OCH3 is 2. The number of hydrogen-bond acceptors (Lipinski definition) is 4. The lowest BCUT2D eigenvalue weighted by Gasteiger charge is -2.27. The highest BCUT2D eigenvalue weighted by molar-refractivity contribution is 5.97. The molecule has 0 amide bonds. The molecule has 3 rings (SSSR count). The van der Waals surface area contributed by atoms with Gasteiger partial charge in [0, 0.05) is 17.5 Å². The fraction of sp³-hybridized carbons (Fsp3) is 0.318. The van der Waals surface area contributed by atoms with Gasteiger partial charge in [-0.05, 0) is 62.2 Å². The molecule has 0 spiro atoms. The van der Waals surface area contributed by atoms with Crippen LogP contribution in [-0.4, -0.2) is 25.6 Å². The van der Waals surface area contributed by atoms with E-state index in [1.54, 1.807) is 14.2 Å². The van der Waals surface area contributed by atoms with Gasteiger partial charge in [0.1, 0.15) is 11.4 Å². The number of aryl methyl sites for hydroxylation is 1. The van der Waals surface area contributed by atoms with E-state index < -0.39 is 0 Å². The SMILES string of the molecule is COc1ccc(CCC(=O)c2ccc3c(c2)C=CC(C)(C)O3)cc1OC. The summed E-state index contributed by atoms with van der Waals surface area (Å²) in [5.41, 5.74) is 2.38. The number of benzene rings is 2. The van der Waals surface area contributed by atoms with Gasteiger partial charge in [-0.3, -0.25) is 4.79 Å². The fourth-order valence-corrected chi connectivity index (χ4v) is 2.99. The summed E-state index contributed by atoms with van der Waals surface area (Å²) in [6, 6.07) is 11.4. The van der Waals surface area contributed by atoms with Crippen molar-refractivity contribution in [2.24, 2.45) is 0 Å². The zero-order valence-corrected chi connectivity index (χ0v) is 15.7. The molecule has 2 aromatic rings. The number of carbonyl (C=O) groups is 1. The summed E-state index contributed by atoms with van der Waals surface area (Å²) in [4.78, 5) is 12.6. The molecule has 4 heteroatoms. The molecule has 0 aromatic heterocycles. The molecule has 0 bridgehead atoms. The first-order valence-corrected chi connectivity index (χ1v) is 8.68. The zero-order chi connectivity index (χ0) is 18.7. The lowest BCUT2D eigenvalue weighted by molar-refractivity contribution is 0.0982. The minimum Gasteiger partial charge on any atom is -0.493 e. The second-order valence-electron chi connectivity index (χ2n) is 6.90. The van der Waals surface area contributed by atoms with E-state index in [1.807, 2.05) is 62.4 Å². The van der Waals surface area contributed by atoms with E-state index >= 15 is 0 Å². The van der Waals surface area contributed by atoms with Gasteiger partial charge in [0.2, 0.25) is 0 Å². The third kappa shape index (κ3) is 3.90. The molecule has 0 N–H and O–H groups in total. The molecule has 0 saturated heterocycles. The second kappa shape index (κ2) is 7.24. The van der Waals surface area contributed by atoms with E-state index in [2.05, 4.69) is 0 Å². The van der Waals surface area contributed by atoms with Crippen molar-refractivity contribution < 1.29 is 19.0 Å². The molecule has 26 heavy (non-hydrogen) atoms. The molecule has 0 radical (unpaired) electrons. The quantitative estimate of drug-likeness (QED) is 0.707. The van der Waals surface area contributed by atoms with Gasteiger partial charge in [0.05, 0.1) is 14.2 Å². The Balaban J connectivity index is 1.69. The minimum absolute atomic E-state index is 0.112. The Morgan fingerprint density at radius 3 is 2.54 bits per heavy atom. The van der Waals surface area contributed by atoms with Crippen molar-refractivity contribution in [3.63, 3.8) is 0 Å². The first kappa shape index (κ1) is 18.1. The van der Waals surface area contributed by atoms with Crippen molar-refractivity contribution in [3.05, 3.63) is 59.2 Å². The van der Waals surface area contributed by atoms with Crippen LogP contribution in [0, 0.1) is 0 Å². The van der Waals surface area contributed by atoms with Gasteiger partial charge in [-0.25, -0.2) is 0 Å². The predicted octanol–water partition coefficient (Wildman–Crippen LogP) is 4.70. The summed E-state index contributed by atoms with van der Waals surface area (Å²) < 4.78 is 16.5. The molecule has 2 aromatic carbocycles. The lowest BCUT2D eigenvalue weighted by atomic mass is 9.97. The normalized spacial score (nSPS) is 14.3. The summed E-state index contributed by atoms with van der Waals surface area (Å²) in [6.45, 7) is 4.02. The molecule has 0 atom stereocenters. The average Bonchev–Trinajstić information content (AvgIpc) is 2.64. The maximum absolute atomic E-state index is 12.6. The van der Waals surface area contributed by atoms with E-state index in [9.17, 15) is 4.79 Å². The van der Waals surface area contributed by atoms with Crippen molar-refractivity contribution in [1.29, 1.82) is 0 Å². The molecule has 1 aliphatic heterocycles. The van der Waals surface area contributed by atoms with Crippen molar-refractivity contribution >= 4 is 11.9 Å². The Morgan fingerprint density at radius 2 is 1.81 bits per heavy atom. The first-order chi connectivity index (χ1) is 12.4. The van der Waals surface area contributed by atoms with Gasteiger partial charge >= 0.3 is 0 Å².